The van der Waals surface area contributed by atoms with E-state index >= 15 is 0 Å². The molecular formula is C16H21NO3. The molecule has 0 bridgehead atoms. The standard InChI is InChI=1S/C16H21NO3/c18-15(8-7-12-3-1-4-12)17-10-9-13-5-2-6-14(11-13)16(19)20/h2,5-6,11-12H,1,3-4,7-10H2,(H,17,18)(H,19,20). The van der Waals surface area contributed by atoms with Crippen LogP contribution in [0.25, 0.3) is 0 Å². The Morgan fingerprint density at radius 2 is 2.10 bits per heavy atom. The highest BCUT2D eigenvalue weighted by molar-refractivity contribution is 5.87. The molecule has 1 amide bonds. The first-order chi connectivity index (χ1) is 9.65. The summed E-state index contributed by atoms with van der Waals surface area (Å²) in [4.78, 5) is 22.5. The lowest BCUT2D eigenvalue weighted by Gasteiger charge is -2.24. The topological polar surface area (TPSA) is 66.4 Å². The molecular weight excluding hydrogens is 254 g/mol. The predicted molar refractivity (Wildman–Crippen MR) is 76.7 cm³/mol. The maximum Gasteiger partial charge on any atom is 0.335 e. The molecule has 20 heavy (non-hydrogen) atoms. The number of amides is 1. The number of hydrogen-bond acceptors (Lipinski definition) is 2. The van der Waals surface area contributed by atoms with Gasteiger partial charge in [0.2, 0.25) is 5.91 Å². The third-order valence-corrected chi connectivity index (χ3v) is 3.91. The van der Waals surface area contributed by atoms with Crippen molar-refractivity contribution >= 4 is 11.9 Å². The maximum absolute atomic E-state index is 11.6. The van der Waals surface area contributed by atoms with Gasteiger partial charge in [-0.1, -0.05) is 31.4 Å². The van der Waals surface area contributed by atoms with Crippen molar-refractivity contribution in [3.8, 4) is 0 Å². The minimum atomic E-state index is -0.920. The first-order valence-electron chi connectivity index (χ1n) is 7.24. The van der Waals surface area contributed by atoms with Crippen LogP contribution in [0.1, 0.15) is 48.0 Å². The van der Waals surface area contributed by atoms with Crippen LogP contribution in [0.5, 0.6) is 0 Å². The summed E-state index contributed by atoms with van der Waals surface area (Å²) in [5, 5.41) is 11.8. The van der Waals surface area contributed by atoms with Crippen LogP contribution >= 0.6 is 0 Å². The van der Waals surface area contributed by atoms with E-state index in [-0.39, 0.29) is 5.91 Å². The van der Waals surface area contributed by atoms with Gasteiger partial charge in [-0.25, -0.2) is 4.79 Å². The lowest BCUT2D eigenvalue weighted by molar-refractivity contribution is -0.121. The van der Waals surface area contributed by atoms with E-state index in [9.17, 15) is 9.59 Å². The molecule has 0 aliphatic heterocycles. The molecule has 4 nitrogen and oxygen atoms in total. The molecule has 0 unspecified atom stereocenters. The van der Waals surface area contributed by atoms with Gasteiger partial charge >= 0.3 is 5.97 Å². The lowest BCUT2D eigenvalue weighted by Crippen LogP contribution is -2.26. The van der Waals surface area contributed by atoms with E-state index in [2.05, 4.69) is 5.32 Å². The molecule has 1 fully saturated rings. The largest absolute Gasteiger partial charge is 0.478 e. The molecule has 0 atom stereocenters. The van der Waals surface area contributed by atoms with Gasteiger partial charge in [0.1, 0.15) is 0 Å². The van der Waals surface area contributed by atoms with Crippen molar-refractivity contribution < 1.29 is 14.7 Å². The van der Waals surface area contributed by atoms with Crippen molar-refractivity contribution in [2.45, 2.75) is 38.5 Å². The van der Waals surface area contributed by atoms with Crippen molar-refractivity contribution in [3.63, 3.8) is 0 Å². The smallest absolute Gasteiger partial charge is 0.335 e. The number of carbonyl (C=O) groups excluding carboxylic acids is 1. The number of benzene rings is 1. The van der Waals surface area contributed by atoms with Crippen LogP contribution in [0.4, 0.5) is 0 Å². The average Bonchev–Trinajstić information content (AvgIpc) is 2.37. The highest BCUT2D eigenvalue weighted by atomic mass is 16.4. The SMILES string of the molecule is O=C(CCC1CCC1)NCCc1cccc(C(=O)O)c1. The highest BCUT2D eigenvalue weighted by Gasteiger charge is 2.17. The highest BCUT2D eigenvalue weighted by Crippen LogP contribution is 2.30. The molecule has 1 aromatic rings. The van der Waals surface area contributed by atoms with E-state index < -0.39 is 5.97 Å². The number of carboxylic acid groups (broad SMARTS) is 1. The van der Waals surface area contributed by atoms with Crippen LogP contribution in [0.2, 0.25) is 0 Å². The van der Waals surface area contributed by atoms with Crippen molar-refractivity contribution in [2.75, 3.05) is 6.54 Å². The molecule has 108 valence electrons. The predicted octanol–water partition coefficient (Wildman–Crippen LogP) is 2.62. The van der Waals surface area contributed by atoms with Crippen LogP contribution in [0, 0.1) is 5.92 Å². The molecule has 1 saturated carbocycles. The third-order valence-electron chi connectivity index (χ3n) is 3.91. The number of nitrogens with one attached hydrogen (secondary N) is 1. The Morgan fingerprint density at radius 3 is 2.75 bits per heavy atom. The first-order valence-corrected chi connectivity index (χ1v) is 7.24. The summed E-state index contributed by atoms with van der Waals surface area (Å²) in [6.07, 6.45) is 6.13. The van der Waals surface area contributed by atoms with Gasteiger partial charge in [0.05, 0.1) is 5.56 Å². The minimum absolute atomic E-state index is 0.103. The van der Waals surface area contributed by atoms with Gasteiger partial charge in [-0.05, 0) is 36.5 Å². The molecule has 0 radical (unpaired) electrons. The normalized spacial score (nSPS) is 14.6. The maximum atomic E-state index is 11.6. The molecule has 1 aliphatic rings. The Bertz CT molecular complexity index is 480. The molecule has 4 heteroatoms. The van der Waals surface area contributed by atoms with Crippen LogP contribution in [0.15, 0.2) is 24.3 Å². The monoisotopic (exact) mass is 275 g/mol. The van der Waals surface area contributed by atoms with Gasteiger partial charge in [0.25, 0.3) is 0 Å². The average molecular weight is 275 g/mol. The molecule has 2 rings (SSSR count). The van der Waals surface area contributed by atoms with Crippen molar-refractivity contribution in [1.82, 2.24) is 5.32 Å². The zero-order valence-corrected chi connectivity index (χ0v) is 11.6. The second kappa shape index (κ2) is 7.08. The number of hydrogen-bond donors (Lipinski definition) is 2. The molecule has 1 aromatic carbocycles. The Labute approximate surface area is 119 Å². The molecule has 0 aromatic heterocycles. The number of rotatable bonds is 7. The first kappa shape index (κ1) is 14.6. The summed E-state index contributed by atoms with van der Waals surface area (Å²) in [7, 11) is 0. The van der Waals surface area contributed by atoms with Crippen molar-refractivity contribution in [1.29, 1.82) is 0 Å². The molecule has 0 saturated heterocycles. The van der Waals surface area contributed by atoms with E-state index in [4.69, 9.17) is 5.11 Å². The summed E-state index contributed by atoms with van der Waals surface area (Å²) in [5.74, 6) is -0.0596. The summed E-state index contributed by atoms with van der Waals surface area (Å²) < 4.78 is 0. The van der Waals surface area contributed by atoms with Crippen LogP contribution in [-0.4, -0.2) is 23.5 Å². The zero-order chi connectivity index (χ0) is 14.4. The second-order valence-corrected chi connectivity index (χ2v) is 5.44. The third kappa shape index (κ3) is 4.37. The van der Waals surface area contributed by atoms with Crippen LogP contribution in [0.3, 0.4) is 0 Å². The van der Waals surface area contributed by atoms with Crippen molar-refractivity contribution in [2.24, 2.45) is 5.92 Å². The number of aromatic carboxylic acids is 1. The summed E-state index contributed by atoms with van der Waals surface area (Å²) in [6.45, 7) is 0.562. The van der Waals surface area contributed by atoms with Crippen molar-refractivity contribution in [3.05, 3.63) is 35.4 Å². The van der Waals surface area contributed by atoms with Gasteiger partial charge < -0.3 is 10.4 Å². The Kier molecular flexibility index (Phi) is 5.16. The number of carboxylic acids is 1. The fourth-order valence-corrected chi connectivity index (χ4v) is 2.41. The van der Waals surface area contributed by atoms with E-state index in [1.807, 2.05) is 6.07 Å². The second-order valence-electron chi connectivity index (χ2n) is 5.44. The van der Waals surface area contributed by atoms with E-state index in [0.717, 1.165) is 17.9 Å². The zero-order valence-electron chi connectivity index (χ0n) is 11.6. The Hall–Kier alpha value is -1.84. The Balaban J connectivity index is 1.68. The lowest BCUT2D eigenvalue weighted by atomic mass is 9.82. The fourth-order valence-electron chi connectivity index (χ4n) is 2.41. The molecule has 1 aliphatic carbocycles. The molecule has 0 heterocycles. The van der Waals surface area contributed by atoms with E-state index in [1.165, 1.54) is 19.3 Å². The van der Waals surface area contributed by atoms with E-state index in [0.29, 0.717) is 24.9 Å². The molecule has 0 spiro atoms. The van der Waals surface area contributed by atoms with Crippen LogP contribution < -0.4 is 5.32 Å². The van der Waals surface area contributed by atoms with Gasteiger partial charge in [0.15, 0.2) is 0 Å². The summed E-state index contributed by atoms with van der Waals surface area (Å²) in [6, 6.07) is 6.84. The van der Waals surface area contributed by atoms with Gasteiger partial charge in [-0.15, -0.1) is 0 Å². The molecule has 2 N–H and O–H groups in total. The van der Waals surface area contributed by atoms with Gasteiger partial charge in [-0.3, -0.25) is 4.79 Å². The summed E-state index contributed by atoms with van der Waals surface area (Å²) in [5.41, 5.74) is 1.23. The van der Waals surface area contributed by atoms with Gasteiger partial charge in [-0.2, -0.15) is 0 Å². The van der Waals surface area contributed by atoms with Gasteiger partial charge in [0, 0.05) is 13.0 Å². The summed E-state index contributed by atoms with van der Waals surface area (Å²) >= 11 is 0. The van der Waals surface area contributed by atoms with Crippen LogP contribution in [-0.2, 0) is 11.2 Å². The fraction of sp³-hybridized carbons (Fsp3) is 0.500. The minimum Gasteiger partial charge on any atom is -0.478 e. The van der Waals surface area contributed by atoms with E-state index in [1.54, 1.807) is 18.2 Å². The number of carbonyl (C=O) groups is 2. The quantitative estimate of drug-likeness (QED) is 0.804. The Morgan fingerprint density at radius 1 is 1.30 bits per heavy atom.